The van der Waals surface area contributed by atoms with Crippen LogP contribution in [0.2, 0.25) is 0 Å². The molecule has 1 aliphatic rings. The highest BCUT2D eigenvalue weighted by molar-refractivity contribution is 5.73. The Kier molecular flexibility index (Phi) is 7.87. The van der Waals surface area contributed by atoms with E-state index >= 15 is 0 Å². The fourth-order valence-corrected chi connectivity index (χ4v) is 4.98. The van der Waals surface area contributed by atoms with Gasteiger partial charge in [-0.1, -0.05) is 36.6 Å². The smallest absolute Gasteiger partial charge is 0.217 e. The summed E-state index contributed by atoms with van der Waals surface area (Å²) >= 11 is 0. The van der Waals surface area contributed by atoms with Crippen molar-refractivity contribution in [2.24, 2.45) is 0 Å². The van der Waals surface area contributed by atoms with E-state index in [1.54, 1.807) is 17.1 Å². The van der Waals surface area contributed by atoms with E-state index in [1.807, 2.05) is 12.1 Å². The third-order valence-corrected chi connectivity index (χ3v) is 6.67. The molecule has 2 atom stereocenters. The van der Waals surface area contributed by atoms with Crippen LogP contribution >= 0.6 is 0 Å². The number of amides is 1. The molecular formula is C26H31F2N5O2. The molecule has 1 fully saturated rings. The second kappa shape index (κ2) is 11.0. The van der Waals surface area contributed by atoms with Gasteiger partial charge >= 0.3 is 0 Å². The number of carbonyl (C=O) groups excluding carboxylic acids is 1. The number of hydrogen-bond acceptors (Lipinski definition) is 5. The molecule has 0 saturated heterocycles. The van der Waals surface area contributed by atoms with Gasteiger partial charge in [0.05, 0.1) is 30.2 Å². The van der Waals surface area contributed by atoms with Crippen LogP contribution in [0.25, 0.3) is 5.69 Å². The Bertz CT molecular complexity index is 1110. The molecule has 2 unspecified atom stereocenters. The molecule has 1 aliphatic carbocycles. The van der Waals surface area contributed by atoms with Gasteiger partial charge in [-0.05, 0) is 54.7 Å². The van der Waals surface area contributed by atoms with Crippen molar-refractivity contribution >= 4 is 5.91 Å². The van der Waals surface area contributed by atoms with E-state index in [0.29, 0.717) is 5.56 Å². The highest BCUT2D eigenvalue weighted by Gasteiger charge is 2.35. The van der Waals surface area contributed by atoms with Crippen LogP contribution in [0.4, 0.5) is 8.78 Å². The van der Waals surface area contributed by atoms with E-state index in [4.69, 9.17) is 0 Å². The Balaban J connectivity index is 1.53. The number of carbonyl (C=O) groups is 1. The van der Waals surface area contributed by atoms with E-state index in [-0.39, 0.29) is 24.4 Å². The van der Waals surface area contributed by atoms with E-state index < -0.39 is 23.8 Å². The normalized spacial score (nSPS) is 17.0. The standard InChI is InChI=1S/C26H31F2N5O2/c1-18(34)31-24(14-19-12-21(27)16-22(28)13-19)25(35)17-29-26(8-3-2-4-9-26)20-6-5-7-23(15-20)33-11-10-30-32-33/h5-7,10-13,15-16,24-25,29,35H,2-4,8-9,14,17H2,1H3,(H,31,34). The summed E-state index contributed by atoms with van der Waals surface area (Å²) in [6.45, 7) is 1.56. The first-order valence-corrected chi connectivity index (χ1v) is 12.0. The van der Waals surface area contributed by atoms with Crippen molar-refractivity contribution in [2.45, 2.75) is 63.1 Å². The first-order valence-electron chi connectivity index (χ1n) is 12.0. The topological polar surface area (TPSA) is 92.1 Å². The Morgan fingerprint density at radius 2 is 1.89 bits per heavy atom. The van der Waals surface area contributed by atoms with Gasteiger partial charge in [0.1, 0.15) is 11.6 Å². The molecule has 0 spiro atoms. The van der Waals surface area contributed by atoms with Crippen LogP contribution in [0.15, 0.2) is 54.9 Å². The maximum atomic E-state index is 13.7. The quantitative estimate of drug-likeness (QED) is 0.434. The number of aliphatic hydroxyl groups is 1. The first-order chi connectivity index (χ1) is 16.8. The number of nitrogens with zero attached hydrogens (tertiary/aromatic N) is 3. The summed E-state index contributed by atoms with van der Waals surface area (Å²) in [5.74, 6) is -1.70. The zero-order valence-corrected chi connectivity index (χ0v) is 19.8. The predicted octanol–water partition coefficient (Wildman–Crippen LogP) is 3.40. The second-order valence-electron chi connectivity index (χ2n) is 9.28. The van der Waals surface area contributed by atoms with E-state index in [9.17, 15) is 18.7 Å². The number of hydrogen-bond donors (Lipinski definition) is 3. The maximum absolute atomic E-state index is 13.7. The molecule has 2 aromatic carbocycles. The van der Waals surface area contributed by atoms with Crippen molar-refractivity contribution in [3.63, 3.8) is 0 Å². The van der Waals surface area contributed by atoms with Crippen LogP contribution in [-0.4, -0.2) is 44.7 Å². The average Bonchev–Trinajstić information content (AvgIpc) is 3.37. The molecule has 3 aromatic rings. The zero-order valence-electron chi connectivity index (χ0n) is 19.8. The van der Waals surface area contributed by atoms with Crippen molar-refractivity contribution in [2.75, 3.05) is 6.54 Å². The van der Waals surface area contributed by atoms with Gasteiger partial charge in [0.2, 0.25) is 5.91 Å². The van der Waals surface area contributed by atoms with Crippen molar-refractivity contribution in [3.05, 3.63) is 77.6 Å². The minimum absolute atomic E-state index is 0.103. The molecule has 0 aliphatic heterocycles. The lowest BCUT2D eigenvalue weighted by atomic mass is 9.76. The summed E-state index contributed by atoms with van der Waals surface area (Å²) < 4.78 is 29.1. The molecule has 1 amide bonds. The Labute approximate surface area is 203 Å². The Hall–Kier alpha value is -3.17. The van der Waals surface area contributed by atoms with Crippen LogP contribution in [-0.2, 0) is 16.8 Å². The molecular weight excluding hydrogens is 452 g/mol. The first kappa shape index (κ1) is 24.9. The van der Waals surface area contributed by atoms with Crippen molar-refractivity contribution in [1.29, 1.82) is 0 Å². The lowest BCUT2D eigenvalue weighted by Crippen LogP contribution is -2.53. The number of nitrogens with one attached hydrogen (secondary N) is 2. The van der Waals surface area contributed by atoms with Crippen LogP contribution in [0.3, 0.4) is 0 Å². The second-order valence-corrected chi connectivity index (χ2v) is 9.28. The predicted molar refractivity (Wildman–Crippen MR) is 128 cm³/mol. The lowest BCUT2D eigenvalue weighted by Gasteiger charge is -2.40. The van der Waals surface area contributed by atoms with E-state index in [1.165, 1.54) is 19.1 Å². The van der Waals surface area contributed by atoms with E-state index in [0.717, 1.165) is 49.4 Å². The molecule has 9 heteroatoms. The molecule has 7 nitrogen and oxygen atoms in total. The minimum atomic E-state index is -0.970. The average molecular weight is 484 g/mol. The maximum Gasteiger partial charge on any atom is 0.217 e. The number of aromatic nitrogens is 3. The van der Waals surface area contributed by atoms with Gasteiger partial charge in [-0.2, -0.15) is 0 Å². The summed E-state index contributed by atoms with van der Waals surface area (Å²) in [4.78, 5) is 11.8. The molecule has 1 aromatic heterocycles. The van der Waals surface area contributed by atoms with Gasteiger partial charge in [-0.25, -0.2) is 13.5 Å². The molecule has 4 rings (SSSR count). The van der Waals surface area contributed by atoms with Gasteiger partial charge in [0.25, 0.3) is 0 Å². The van der Waals surface area contributed by atoms with Gasteiger partial charge in [-0.15, -0.1) is 5.10 Å². The highest BCUT2D eigenvalue weighted by atomic mass is 19.1. The van der Waals surface area contributed by atoms with Gasteiger partial charge < -0.3 is 15.7 Å². The van der Waals surface area contributed by atoms with Crippen LogP contribution in [0.5, 0.6) is 0 Å². The molecule has 1 heterocycles. The number of benzene rings is 2. The fourth-order valence-electron chi connectivity index (χ4n) is 4.98. The number of aliphatic hydroxyl groups excluding tert-OH is 1. The summed E-state index contributed by atoms with van der Waals surface area (Å²) in [6, 6.07) is 10.6. The largest absolute Gasteiger partial charge is 0.390 e. The fraction of sp³-hybridized carbons (Fsp3) is 0.423. The molecule has 0 bridgehead atoms. The summed E-state index contributed by atoms with van der Waals surface area (Å²) in [6.07, 6.45) is 7.60. The van der Waals surface area contributed by atoms with Gasteiger partial charge in [0, 0.05) is 25.1 Å². The lowest BCUT2D eigenvalue weighted by molar-refractivity contribution is -0.120. The monoisotopic (exact) mass is 483 g/mol. The van der Waals surface area contributed by atoms with E-state index in [2.05, 4.69) is 33.1 Å². The minimum Gasteiger partial charge on any atom is -0.390 e. The summed E-state index contributed by atoms with van der Waals surface area (Å²) in [5.41, 5.74) is 2.02. The van der Waals surface area contributed by atoms with Crippen molar-refractivity contribution in [1.82, 2.24) is 25.6 Å². The highest BCUT2D eigenvalue weighted by Crippen LogP contribution is 2.37. The van der Waals surface area contributed by atoms with Crippen LogP contribution in [0.1, 0.15) is 50.2 Å². The number of rotatable bonds is 9. The molecule has 35 heavy (non-hydrogen) atoms. The van der Waals surface area contributed by atoms with Crippen LogP contribution in [0, 0.1) is 11.6 Å². The SMILES string of the molecule is CC(=O)NC(Cc1cc(F)cc(F)c1)C(O)CNC1(c2cccc(-n3ccnn3)c2)CCCCC1. The van der Waals surface area contributed by atoms with Gasteiger partial charge in [-0.3, -0.25) is 4.79 Å². The molecule has 0 radical (unpaired) electrons. The van der Waals surface area contributed by atoms with Crippen LogP contribution < -0.4 is 10.6 Å². The summed E-state index contributed by atoms with van der Waals surface area (Å²) in [5, 5.41) is 25.4. The van der Waals surface area contributed by atoms with Crippen molar-refractivity contribution in [3.8, 4) is 5.69 Å². The number of halogens is 2. The van der Waals surface area contributed by atoms with Gasteiger partial charge in [0.15, 0.2) is 0 Å². The molecule has 186 valence electrons. The third-order valence-electron chi connectivity index (χ3n) is 6.67. The van der Waals surface area contributed by atoms with Crippen molar-refractivity contribution < 1.29 is 18.7 Å². The summed E-state index contributed by atoms with van der Waals surface area (Å²) in [7, 11) is 0. The molecule has 3 N–H and O–H groups in total. The molecule has 1 saturated carbocycles. The Morgan fingerprint density at radius 3 is 2.54 bits per heavy atom. The Morgan fingerprint density at radius 1 is 1.14 bits per heavy atom. The third kappa shape index (κ3) is 6.29. The zero-order chi connectivity index (χ0) is 24.8.